The molecule has 1 unspecified atom stereocenters. The largest absolute Gasteiger partial charge is 0.486 e. The summed E-state index contributed by atoms with van der Waals surface area (Å²) in [4.78, 5) is 28.7. The summed E-state index contributed by atoms with van der Waals surface area (Å²) in [6.07, 6.45) is 0.275. The van der Waals surface area contributed by atoms with Crippen LogP contribution < -0.4 is 9.47 Å². The first-order valence-corrected chi connectivity index (χ1v) is 9.55. The fourth-order valence-corrected chi connectivity index (χ4v) is 3.74. The van der Waals surface area contributed by atoms with Gasteiger partial charge in [0.25, 0.3) is 0 Å². The molecule has 2 aliphatic heterocycles. The maximum absolute atomic E-state index is 12.9. The second-order valence-electron chi connectivity index (χ2n) is 7.33. The fourth-order valence-electron chi connectivity index (χ4n) is 3.74. The number of likely N-dealkylation sites (tertiary alicyclic amines) is 1. The topological polar surface area (TPSA) is 59.1 Å². The summed E-state index contributed by atoms with van der Waals surface area (Å²) in [6, 6.07) is 15.6. The van der Waals surface area contributed by atoms with Crippen LogP contribution in [0.2, 0.25) is 0 Å². The summed E-state index contributed by atoms with van der Waals surface area (Å²) < 4.78 is 11.1. The normalized spacial score (nSPS) is 18.2. The number of benzene rings is 2. The highest BCUT2D eigenvalue weighted by molar-refractivity contribution is 5.89. The molecule has 0 bridgehead atoms. The second kappa shape index (κ2) is 7.92. The Kier molecular flexibility index (Phi) is 5.19. The molecule has 0 spiro atoms. The SMILES string of the molecule is CN(Cc1ccc2c(c1)OCCO2)C(=O)C1CC(=O)N(Cc2ccccc2)C1. The summed E-state index contributed by atoms with van der Waals surface area (Å²) >= 11 is 0. The van der Waals surface area contributed by atoms with E-state index in [9.17, 15) is 9.59 Å². The average molecular weight is 380 g/mol. The Hall–Kier alpha value is -3.02. The van der Waals surface area contributed by atoms with Gasteiger partial charge < -0.3 is 19.3 Å². The van der Waals surface area contributed by atoms with E-state index in [-0.39, 0.29) is 24.2 Å². The van der Waals surface area contributed by atoms with Crippen molar-refractivity contribution in [3.8, 4) is 11.5 Å². The van der Waals surface area contributed by atoms with E-state index in [1.807, 2.05) is 48.5 Å². The number of ether oxygens (including phenoxy) is 2. The molecular formula is C22H24N2O4. The van der Waals surface area contributed by atoms with E-state index in [2.05, 4.69) is 0 Å². The Morgan fingerprint density at radius 3 is 2.61 bits per heavy atom. The molecule has 2 aromatic rings. The molecule has 2 aromatic carbocycles. The Bertz CT molecular complexity index is 868. The zero-order valence-electron chi connectivity index (χ0n) is 16.0. The molecule has 2 heterocycles. The lowest BCUT2D eigenvalue weighted by Gasteiger charge is -2.23. The molecule has 0 saturated carbocycles. The van der Waals surface area contributed by atoms with Gasteiger partial charge in [-0.05, 0) is 23.3 Å². The van der Waals surface area contributed by atoms with Gasteiger partial charge in [0.1, 0.15) is 13.2 Å². The molecule has 0 aliphatic carbocycles. The highest BCUT2D eigenvalue weighted by Crippen LogP contribution is 2.31. The molecule has 1 saturated heterocycles. The highest BCUT2D eigenvalue weighted by atomic mass is 16.6. The summed E-state index contributed by atoms with van der Waals surface area (Å²) in [5.41, 5.74) is 2.05. The molecule has 6 nitrogen and oxygen atoms in total. The number of hydrogen-bond acceptors (Lipinski definition) is 4. The van der Waals surface area contributed by atoms with Crippen molar-refractivity contribution in [2.45, 2.75) is 19.5 Å². The van der Waals surface area contributed by atoms with Crippen LogP contribution in [0.15, 0.2) is 48.5 Å². The standard InChI is InChI=1S/C22H24N2O4/c1-23(13-17-7-8-19-20(11-17)28-10-9-27-19)22(26)18-12-21(25)24(15-18)14-16-5-3-2-4-6-16/h2-8,11,18H,9-10,12-15H2,1H3. The number of carbonyl (C=O) groups is 2. The minimum absolute atomic E-state index is 0.00111. The molecule has 146 valence electrons. The molecule has 1 fully saturated rings. The summed E-state index contributed by atoms with van der Waals surface area (Å²) in [5, 5.41) is 0. The molecule has 0 aromatic heterocycles. The van der Waals surface area contributed by atoms with Gasteiger partial charge in [-0.15, -0.1) is 0 Å². The minimum atomic E-state index is -0.293. The minimum Gasteiger partial charge on any atom is -0.486 e. The van der Waals surface area contributed by atoms with Crippen molar-refractivity contribution in [1.29, 1.82) is 0 Å². The molecule has 28 heavy (non-hydrogen) atoms. The smallest absolute Gasteiger partial charge is 0.228 e. The van der Waals surface area contributed by atoms with Crippen molar-refractivity contribution in [3.63, 3.8) is 0 Å². The molecule has 2 aliphatic rings. The summed E-state index contributed by atoms with van der Waals surface area (Å²) in [5.74, 6) is 1.20. The van der Waals surface area contributed by atoms with Gasteiger partial charge >= 0.3 is 0 Å². The lowest BCUT2D eigenvalue weighted by molar-refractivity contribution is -0.135. The maximum Gasteiger partial charge on any atom is 0.228 e. The first-order chi connectivity index (χ1) is 13.6. The Labute approximate surface area is 164 Å². The Morgan fingerprint density at radius 1 is 1.07 bits per heavy atom. The van der Waals surface area contributed by atoms with Crippen LogP contribution in [0.3, 0.4) is 0 Å². The van der Waals surface area contributed by atoms with E-state index in [4.69, 9.17) is 9.47 Å². The third-order valence-corrected chi connectivity index (χ3v) is 5.18. The zero-order chi connectivity index (χ0) is 19.5. The molecule has 1 atom stereocenters. The van der Waals surface area contributed by atoms with Crippen molar-refractivity contribution in [3.05, 3.63) is 59.7 Å². The van der Waals surface area contributed by atoms with Gasteiger partial charge in [-0.3, -0.25) is 9.59 Å². The van der Waals surface area contributed by atoms with Crippen LogP contribution in [-0.4, -0.2) is 48.4 Å². The van der Waals surface area contributed by atoms with Gasteiger partial charge in [0, 0.05) is 33.1 Å². The van der Waals surface area contributed by atoms with E-state index < -0.39 is 0 Å². The van der Waals surface area contributed by atoms with Gasteiger partial charge in [0.2, 0.25) is 11.8 Å². The van der Waals surface area contributed by atoms with Gasteiger partial charge in [0.15, 0.2) is 11.5 Å². The molecule has 0 N–H and O–H groups in total. The van der Waals surface area contributed by atoms with Crippen LogP contribution >= 0.6 is 0 Å². The Balaban J connectivity index is 1.37. The number of nitrogens with zero attached hydrogens (tertiary/aromatic N) is 2. The van der Waals surface area contributed by atoms with Crippen LogP contribution in [0.5, 0.6) is 11.5 Å². The van der Waals surface area contributed by atoms with E-state index in [1.165, 1.54) is 0 Å². The highest BCUT2D eigenvalue weighted by Gasteiger charge is 2.35. The van der Waals surface area contributed by atoms with Gasteiger partial charge in [-0.2, -0.15) is 0 Å². The first kappa shape index (κ1) is 18.3. The molecule has 0 radical (unpaired) electrons. The number of fused-ring (bicyclic) bond motifs is 1. The van der Waals surface area contributed by atoms with E-state index in [0.29, 0.717) is 32.8 Å². The van der Waals surface area contributed by atoms with Crippen molar-refractivity contribution in [2.24, 2.45) is 5.92 Å². The van der Waals surface area contributed by atoms with E-state index in [1.54, 1.807) is 16.8 Å². The first-order valence-electron chi connectivity index (χ1n) is 9.55. The van der Waals surface area contributed by atoms with Gasteiger partial charge in [0.05, 0.1) is 5.92 Å². The lowest BCUT2D eigenvalue weighted by atomic mass is 10.1. The van der Waals surface area contributed by atoms with Crippen LogP contribution in [0.1, 0.15) is 17.5 Å². The van der Waals surface area contributed by atoms with Crippen molar-refractivity contribution >= 4 is 11.8 Å². The van der Waals surface area contributed by atoms with Crippen LogP contribution in [0.4, 0.5) is 0 Å². The van der Waals surface area contributed by atoms with Crippen molar-refractivity contribution < 1.29 is 19.1 Å². The molecule has 2 amide bonds. The maximum atomic E-state index is 12.9. The summed E-state index contributed by atoms with van der Waals surface area (Å²) in [6.45, 7) is 2.58. The second-order valence-corrected chi connectivity index (χ2v) is 7.33. The Morgan fingerprint density at radius 2 is 1.82 bits per heavy atom. The summed E-state index contributed by atoms with van der Waals surface area (Å²) in [7, 11) is 1.78. The van der Waals surface area contributed by atoms with Crippen LogP contribution in [0.25, 0.3) is 0 Å². The number of carbonyl (C=O) groups excluding carboxylic acids is 2. The van der Waals surface area contributed by atoms with Crippen molar-refractivity contribution in [1.82, 2.24) is 9.80 Å². The number of amides is 2. The van der Waals surface area contributed by atoms with Gasteiger partial charge in [-0.1, -0.05) is 36.4 Å². The molecule has 6 heteroatoms. The predicted molar refractivity (Wildman–Crippen MR) is 104 cm³/mol. The monoisotopic (exact) mass is 380 g/mol. The third kappa shape index (κ3) is 3.96. The van der Waals surface area contributed by atoms with Crippen LogP contribution in [-0.2, 0) is 22.7 Å². The average Bonchev–Trinajstić information content (AvgIpc) is 3.08. The zero-order valence-corrected chi connectivity index (χ0v) is 16.0. The third-order valence-electron chi connectivity index (χ3n) is 5.18. The quantitative estimate of drug-likeness (QED) is 0.800. The molecular weight excluding hydrogens is 356 g/mol. The lowest BCUT2D eigenvalue weighted by Crippen LogP contribution is -2.34. The van der Waals surface area contributed by atoms with Crippen molar-refractivity contribution in [2.75, 3.05) is 26.8 Å². The predicted octanol–water partition coefficient (Wildman–Crippen LogP) is 2.46. The van der Waals surface area contributed by atoms with Crippen LogP contribution in [0, 0.1) is 5.92 Å². The number of hydrogen-bond donors (Lipinski definition) is 0. The van der Waals surface area contributed by atoms with E-state index >= 15 is 0 Å². The number of rotatable bonds is 5. The van der Waals surface area contributed by atoms with Gasteiger partial charge in [-0.25, -0.2) is 0 Å². The molecule has 4 rings (SSSR count). The fraction of sp³-hybridized carbons (Fsp3) is 0.364. The van der Waals surface area contributed by atoms with E-state index in [0.717, 1.165) is 22.6 Å².